The van der Waals surface area contributed by atoms with Crippen molar-refractivity contribution in [3.8, 4) is 0 Å². The first kappa shape index (κ1) is 16.8. The van der Waals surface area contributed by atoms with E-state index in [0.29, 0.717) is 6.42 Å². The van der Waals surface area contributed by atoms with Crippen molar-refractivity contribution in [3.63, 3.8) is 0 Å². The zero-order valence-electron chi connectivity index (χ0n) is 14.1. The summed E-state index contributed by atoms with van der Waals surface area (Å²) >= 11 is 0. The predicted molar refractivity (Wildman–Crippen MR) is 95.6 cm³/mol. The molecule has 25 heavy (non-hydrogen) atoms. The molecule has 1 heterocycles. The van der Waals surface area contributed by atoms with Gasteiger partial charge < -0.3 is 4.90 Å². The molecule has 0 aromatic heterocycles. The van der Waals surface area contributed by atoms with Crippen molar-refractivity contribution in [1.29, 1.82) is 0 Å². The van der Waals surface area contributed by atoms with Crippen LogP contribution in [0.1, 0.15) is 23.6 Å². The van der Waals surface area contributed by atoms with Gasteiger partial charge in [-0.3, -0.25) is 19.9 Å². The van der Waals surface area contributed by atoms with Crippen LogP contribution in [0.15, 0.2) is 59.6 Å². The minimum absolute atomic E-state index is 0.0366. The van der Waals surface area contributed by atoms with Crippen molar-refractivity contribution in [3.05, 3.63) is 75.8 Å². The van der Waals surface area contributed by atoms with E-state index in [-0.39, 0.29) is 23.6 Å². The minimum atomic E-state index is -0.425. The second kappa shape index (κ2) is 6.84. The van der Waals surface area contributed by atoms with Gasteiger partial charge in [-0.25, -0.2) is 0 Å². The predicted octanol–water partition coefficient (Wildman–Crippen LogP) is 3.23. The first-order valence-corrected chi connectivity index (χ1v) is 8.05. The van der Waals surface area contributed by atoms with Gasteiger partial charge >= 0.3 is 0 Å². The summed E-state index contributed by atoms with van der Waals surface area (Å²) in [6.07, 6.45) is 0.522. The molecular weight excluding hydrogens is 318 g/mol. The molecule has 3 rings (SSSR count). The molecule has 0 N–H and O–H groups in total. The average molecular weight is 337 g/mol. The SMILES string of the molecule is CN(C)C(=O)[C@H]1CC(c2ccc([N+](=O)[O-])cc2)=N[C@@H]1c1ccccc1. The average Bonchev–Trinajstić information content (AvgIpc) is 3.07. The molecule has 2 atom stereocenters. The zero-order valence-corrected chi connectivity index (χ0v) is 14.1. The number of rotatable bonds is 4. The number of carbonyl (C=O) groups is 1. The first-order valence-electron chi connectivity index (χ1n) is 8.05. The van der Waals surface area contributed by atoms with Gasteiger partial charge in [0.1, 0.15) is 0 Å². The van der Waals surface area contributed by atoms with Gasteiger partial charge in [-0.1, -0.05) is 30.3 Å². The second-order valence-electron chi connectivity index (χ2n) is 6.28. The molecule has 0 spiro atoms. The lowest BCUT2D eigenvalue weighted by Gasteiger charge is -2.21. The van der Waals surface area contributed by atoms with Crippen LogP contribution >= 0.6 is 0 Å². The van der Waals surface area contributed by atoms with E-state index in [1.54, 1.807) is 31.1 Å². The fourth-order valence-electron chi connectivity index (χ4n) is 3.11. The Bertz CT molecular complexity index is 814. The maximum atomic E-state index is 12.6. The lowest BCUT2D eigenvalue weighted by Crippen LogP contribution is -2.31. The second-order valence-corrected chi connectivity index (χ2v) is 6.28. The highest BCUT2D eigenvalue weighted by Gasteiger charge is 2.37. The zero-order chi connectivity index (χ0) is 18.0. The van der Waals surface area contributed by atoms with Gasteiger partial charge in [-0.15, -0.1) is 0 Å². The number of benzene rings is 2. The third-order valence-electron chi connectivity index (χ3n) is 4.40. The van der Waals surface area contributed by atoms with Crippen molar-refractivity contribution < 1.29 is 9.72 Å². The van der Waals surface area contributed by atoms with Gasteiger partial charge in [0.25, 0.3) is 5.69 Å². The Labute approximate surface area is 146 Å². The molecule has 1 amide bonds. The van der Waals surface area contributed by atoms with Crippen LogP contribution < -0.4 is 0 Å². The fraction of sp³-hybridized carbons (Fsp3) is 0.263. The fourth-order valence-corrected chi connectivity index (χ4v) is 3.11. The summed E-state index contributed by atoms with van der Waals surface area (Å²) < 4.78 is 0. The number of aliphatic imine (C=N–C) groups is 1. The Balaban J connectivity index is 1.95. The van der Waals surface area contributed by atoms with Gasteiger partial charge in [0, 0.05) is 38.4 Å². The molecule has 0 aliphatic carbocycles. The lowest BCUT2D eigenvalue weighted by molar-refractivity contribution is -0.384. The Morgan fingerprint density at radius 2 is 1.76 bits per heavy atom. The number of nitro benzene ring substituents is 1. The largest absolute Gasteiger partial charge is 0.348 e. The van der Waals surface area contributed by atoms with Gasteiger partial charge in [-0.05, 0) is 23.3 Å². The molecule has 2 aromatic carbocycles. The molecule has 0 bridgehead atoms. The Morgan fingerprint density at radius 3 is 2.32 bits per heavy atom. The normalized spacial score (nSPS) is 19.4. The quantitative estimate of drug-likeness (QED) is 0.635. The number of carbonyl (C=O) groups excluding carboxylic acids is 1. The Hall–Kier alpha value is -3.02. The van der Waals surface area contributed by atoms with Crippen LogP contribution in [0.2, 0.25) is 0 Å². The number of amides is 1. The highest BCUT2D eigenvalue weighted by Crippen LogP contribution is 2.37. The molecule has 0 saturated carbocycles. The van der Waals surface area contributed by atoms with Crippen molar-refractivity contribution >= 4 is 17.3 Å². The minimum Gasteiger partial charge on any atom is -0.348 e. The van der Waals surface area contributed by atoms with E-state index in [0.717, 1.165) is 16.8 Å². The Kier molecular flexibility index (Phi) is 4.61. The van der Waals surface area contributed by atoms with Crippen LogP contribution in [0.25, 0.3) is 0 Å². The maximum Gasteiger partial charge on any atom is 0.269 e. The van der Waals surface area contributed by atoms with Crippen LogP contribution in [0.5, 0.6) is 0 Å². The van der Waals surface area contributed by atoms with Gasteiger partial charge in [0.05, 0.1) is 16.9 Å². The lowest BCUT2D eigenvalue weighted by atomic mass is 9.90. The standard InChI is InChI=1S/C19H19N3O3/c1-21(2)19(23)16-12-17(13-8-10-15(11-9-13)22(24)25)20-18(16)14-6-4-3-5-7-14/h3-11,16,18H,12H2,1-2H3/t16-,18+/m0/s1. The third kappa shape index (κ3) is 3.42. The van der Waals surface area contributed by atoms with E-state index in [2.05, 4.69) is 0 Å². The van der Waals surface area contributed by atoms with Crippen LogP contribution in [0.4, 0.5) is 5.69 Å². The third-order valence-corrected chi connectivity index (χ3v) is 4.40. The molecule has 1 aliphatic heterocycles. The summed E-state index contributed by atoms with van der Waals surface area (Å²) in [6, 6.07) is 15.9. The van der Waals surface area contributed by atoms with Crippen molar-refractivity contribution in [1.82, 2.24) is 4.90 Å². The summed E-state index contributed by atoms with van der Waals surface area (Å²) in [5.74, 6) is -0.225. The highest BCUT2D eigenvalue weighted by molar-refractivity contribution is 6.04. The molecule has 2 aromatic rings. The summed E-state index contributed by atoms with van der Waals surface area (Å²) in [4.78, 5) is 29.4. The van der Waals surface area contributed by atoms with E-state index in [9.17, 15) is 14.9 Å². The van der Waals surface area contributed by atoms with Gasteiger partial charge in [-0.2, -0.15) is 0 Å². The molecule has 0 unspecified atom stereocenters. The molecule has 0 fully saturated rings. The number of nitro groups is 1. The number of hydrogen-bond acceptors (Lipinski definition) is 4. The van der Waals surface area contributed by atoms with E-state index in [1.807, 2.05) is 30.3 Å². The maximum absolute atomic E-state index is 12.6. The van der Waals surface area contributed by atoms with Gasteiger partial charge in [0.2, 0.25) is 5.91 Å². The van der Waals surface area contributed by atoms with Crippen LogP contribution in [-0.2, 0) is 4.79 Å². The first-order chi connectivity index (χ1) is 12.0. The molecule has 1 aliphatic rings. The van der Waals surface area contributed by atoms with E-state index in [4.69, 9.17) is 4.99 Å². The van der Waals surface area contributed by atoms with Crippen LogP contribution in [0.3, 0.4) is 0 Å². The monoisotopic (exact) mass is 337 g/mol. The number of non-ortho nitro benzene ring substituents is 1. The molecule has 6 heteroatoms. The Morgan fingerprint density at radius 1 is 1.12 bits per heavy atom. The highest BCUT2D eigenvalue weighted by atomic mass is 16.6. The summed E-state index contributed by atoms with van der Waals surface area (Å²) in [7, 11) is 3.49. The molecular formula is C19H19N3O3. The summed E-state index contributed by atoms with van der Waals surface area (Å²) in [5, 5.41) is 10.8. The van der Waals surface area contributed by atoms with Gasteiger partial charge in [0.15, 0.2) is 0 Å². The topological polar surface area (TPSA) is 75.8 Å². The van der Waals surface area contributed by atoms with E-state index >= 15 is 0 Å². The number of hydrogen-bond donors (Lipinski definition) is 0. The molecule has 128 valence electrons. The van der Waals surface area contributed by atoms with Crippen LogP contribution in [0, 0.1) is 16.0 Å². The molecule has 0 radical (unpaired) electrons. The van der Waals surface area contributed by atoms with E-state index in [1.165, 1.54) is 12.1 Å². The van der Waals surface area contributed by atoms with E-state index < -0.39 is 4.92 Å². The summed E-state index contributed by atoms with van der Waals surface area (Å²) in [5.41, 5.74) is 2.67. The van der Waals surface area contributed by atoms with Crippen molar-refractivity contribution in [2.45, 2.75) is 12.5 Å². The van der Waals surface area contributed by atoms with Crippen LogP contribution in [-0.4, -0.2) is 35.5 Å². The van der Waals surface area contributed by atoms with Crippen molar-refractivity contribution in [2.75, 3.05) is 14.1 Å². The summed E-state index contributed by atoms with van der Waals surface area (Å²) in [6.45, 7) is 0. The molecule has 6 nitrogen and oxygen atoms in total. The molecule has 0 saturated heterocycles. The number of nitrogens with zero attached hydrogens (tertiary/aromatic N) is 3. The smallest absolute Gasteiger partial charge is 0.269 e. The van der Waals surface area contributed by atoms with Crippen molar-refractivity contribution in [2.24, 2.45) is 10.9 Å².